The van der Waals surface area contributed by atoms with Gasteiger partial charge in [0.15, 0.2) is 0 Å². The van der Waals surface area contributed by atoms with Crippen molar-refractivity contribution in [3.05, 3.63) is 24.0 Å². The molecule has 20 heavy (non-hydrogen) atoms. The fourth-order valence-electron chi connectivity index (χ4n) is 2.11. The van der Waals surface area contributed by atoms with Crippen molar-refractivity contribution in [2.45, 2.75) is 12.5 Å². The summed E-state index contributed by atoms with van der Waals surface area (Å²) in [5.41, 5.74) is 0.849. The molecule has 1 aliphatic heterocycles. The van der Waals surface area contributed by atoms with Gasteiger partial charge < -0.3 is 10.0 Å². The maximum Gasteiger partial charge on any atom is 0.305 e. The highest BCUT2D eigenvalue weighted by Crippen LogP contribution is 2.19. The van der Waals surface area contributed by atoms with Gasteiger partial charge in [-0.3, -0.25) is 14.3 Å². The number of aromatic nitrogens is 2. The van der Waals surface area contributed by atoms with E-state index in [2.05, 4.69) is 5.10 Å². The van der Waals surface area contributed by atoms with Gasteiger partial charge in [-0.25, -0.2) is 0 Å². The highest BCUT2D eigenvalue weighted by Gasteiger charge is 2.27. The van der Waals surface area contributed by atoms with Crippen molar-refractivity contribution >= 4 is 29.7 Å². The molecule has 7 heteroatoms. The van der Waals surface area contributed by atoms with E-state index in [1.54, 1.807) is 33.6 Å². The van der Waals surface area contributed by atoms with Gasteiger partial charge in [-0.2, -0.15) is 16.9 Å². The Labute approximate surface area is 121 Å². The third-order valence-corrected chi connectivity index (χ3v) is 4.16. The molecule has 0 radical (unpaired) electrons. The first-order valence-corrected chi connectivity index (χ1v) is 7.48. The Hall–Kier alpha value is -1.76. The highest BCUT2D eigenvalue weighted by atomic mass is 32.2. The monoisotopic (exact) mass is 295 g/mol. The molecule has 0 aromatic carbocycles. The van der Waals surface area contributed by atoms with Crippen LogP contribution in [-0.4, -0.2) is 55.8 Å². The van der Waals surface area contributed by atoms with Crippen molar-refractivity contribution in [3.63, 3.8) is 0 Å². The molecule has 0 aliphatic carbocycles. The molecule has 0 bridgehead atoms. The molecular weight excluding hydrogens is 278 g/mol. The minimum absolute atomic E-state index is 0.000523. The number of carbonyl (C=O) groups is 2. The van der Waals surface area contributed by atoms with Crippen LogP contribution in [0, 0.1) is 0 Å². The van der Waals surface area contributed by atoms with Crippen LogP contribution in [0.4, 0.5) is 0 Å². The lowest BCUT2D eigenvalue weighted by molar-refractivity contribution is -0.139. The average molecular weight is 295 g/mol. The van der Waals surface area contributed by atoms with Gasteiger partial charge in [0.25, 0.3) is 0 Å². The van der Waals surface area contributed by atoms with E-state index in [4.69, 9.17) is 5.11 Å². The van der Waals surface area contributed by atoms with Crippen LogP contribution in [0.5, 0.6) is 0 Å². The van der Waals surface area contributed by atoms with Crippen molar-refractivity contribution in [2.24, 2.45) is 7.05 Å². The molecule has 1 atom stereocenters. The first-order valence-electron chi connectivity index (χ1n) is 6.33. The second-order valence-electron chi connectivity index (χ2n) is 4.64. The summed E-state index contributed by atoms with van der Waals surface area (Å²) < 4.78 is 1.66. The number of aryl methyl sites for hydroxylation is 1. The molecule has 1 N–H and O–H groups in total. The zero-order valence-corrected chi connectivity index (χ0v) is 12.0. The molecular formula is C13H17N3O3S. The van der Waals surface area contributed by atoms with E-state index in [9.17, 15) is 9.59 Å². The van der Waals surface area contributed by atoms with Crippen LogP contribution in [0.15, 0.2) is 18.5 Å². The minimum Gasteiger partial charge on any atom is -0.481 e. The molecule has 1 saturated heterocycles. The number of hydrogen-bond acceptors (Lipinski definition) is 4. The predicted molar refractivity (Wildman–Crippen MR) is 77.3 cm³/mol. The number of thioether (sulfide) groups is 1. The van der Waals surface area contributed by atoms with Gasteiger partial charge in [-0.1, -0.05) is 0 Å². The smallest absolute Gasteiger partial charge is 0.305 e. The zero-order chi connectivity index (χ0) is 14.5. The van der Waals surface area contributed by atoms with Gasteiger partial charge in [-0.15, -0.1) is 0 Å². The molecule has 2 heterocycles. The van der Waals surface area contributed by atoms with Crippen molar-refractivity contribution < 1.29 is 14.7 Å². The Morgan fingerprint density at radius 1 is 1.60 bits per heavy atom. The fraction of sp³-hybridized carbons (Fsp3) is 0.462. The van der Waals surface area contributed by atoms with Crippen LogP contribution in [0.25, 0.3) is 6.08 Å². The molecule has 1 fully saturated rings. The Morgan fingerprint density at radius 2 is 2.40 bits per heavy atom. The normalized spacial score (nSPS) is 19.4. The number of aliphatic carboxylic acids is 1. The van der Waals surface area contributed by atoms with Crippen molar-refractivity contribution in [1.29, 1.82) is 0 Å². The Balaban J connectivity index is 2.02. The molecule has 0 spiro atoms. The van der Waals surface area contributed by atoms with Gasteiger partial charge in [0.1, 0.15) is 0 Å². The summed E-state index contributed by atoms with van der Waals surface area (Å²) in [4.78, 5) is 24.7. The van der Waals surface area contributed by atoms with E-state index in [1.165, 1.54) is 6.08 Å². The lowest BCUT2D eigenvalue weighted by atomic mass is 10.2. The van der Waals surface area contributed by atoms with Gasteiger partial charge in [0.05, 0.1) is 18.7 Å². The molecule has 1 amide bonds. The Kier molecular flexibility index (Phi) is 4.84. The Bertz CT molecular complexity index is 527. The number of nitrogens with zero attached hydrogens (tertiary/aromatic N) is 3. The van der Waals surface area contributed by atoms with Crippen LogP contribution in [0.3, 0.4) is 0 Å². The second-order valence-corrected chi connectivity index (χ2v) is 5.79. The summed E-state index contributed by atoms with van der Waals surface area (Å²) in [5.74, 6) is 0.522. The van der Waals surface area contributed by atoms with E-state index < -0.39 is 5.97 Å². The van der Waals surface area contributed by atoms with E-state index in [0.29, 0.717) is 12.3 Å². The van der Waals surface area contributed by atoms with Crippen molar-refractivity contribution in [3.8, 4) is 0 Å². The predicted octanol–water partition coefficient (Wildman–Crippen LogP) is 0.852. The van der Waals surface area contributed by atoms with Gasteiger partial charge >= 0.3 is 5.97 Å². The molecule has 0 saturated carbocycles. The fourth-order valence-corrected chi connectivity index (χ4v) is 3.17. The third kappa shape index (κ3) is 3.86. The maximum atomic E-state index is 12.2. The largest absolute Gasteiger partial charge is 0.481 e. The summed E-state index contributed by atoms with van der Waals surface area (Å²) in [7, 11) is 1.81. The quantitative estimate of drug-likeness (QED) is 0.834. The van der Waals surface area contributed by atoms with E-state index in [1.807, 2.05) is 13.2 Å². The molecule has 108 valence electrons. The van der Waals surface area contributed by atoms with Crippen LogP contribution >= 0.6 is 11.8 Å². The molecule has 1 unspecified atom stereocenters. The number of amides is 1. The summed E-state index contributed by atoms with van der Waals surface area (Å²) in [6.45, 7) is 0.596. The molecule has 6 nitrogen and oxygen atoms in total. The van der Waals surface area contributed by atoms with Gasteiger partial charge in [-0.05, 0) is 6.08 Å². The number of carbonyl (C=O) groups excluding carboxylic acids is 1. The lowest BCUT2D eigenvalue weighted by Crippen LogP contribution is -2.46. The summed E-state index contributed by atoms with van der Waals surface area (Å²) in [6.07, 6.45) is 6.67. The van der Waals surface area contributed by atoms with Gasteiger partial charge in [0, 0.05) is 42.9 Å². The average Bonchev–Trinajstić information content (AvgIpc) is 2.82. The first kappa shape index (κ1) is 14.6. The number of carboxylic acid groups (broad SMARTS) is 1. The minimum atomic E-state index is -0.869. The van der Waals surface area contributed by atoms with Crippen LogP contribution in [-0.2, 0) is 16.6 Å². The lowest BCUT2D eigenvalue weighted by Gasteiger charge is -2.33. The van der Waals surface area contributed by atoms with E-state index in [0.717, 1.165) is 11.3 Å². The highest BCUT2D eigenvalue weighted by molar-refractivity contribution is 7.99. The summed E-state index contributed by atoms with van der Waals surface area (Å²) >= 11 is 1.69. The Morgan fingerprint density at radius 3 is 3.05 bits per heavy atom. The molecule has 1 aromatic rings. The van der Waals surface area contributed by atoms with Crippen LogP contribution in [0.2, 0.25) is 0 Å². The zero-order valence-electron chi connectivity index (χ0n) is 11.2. The second kappa shape index (κ2) is 6.60. The number of carboxylic acids is 1. The van der Waals surface area contributed by atoms with E-state index in [-0.39, 0.29) is 18.4 Å². The number of rotatable bonds is 4. The molecule has 1 aliphatic rings. The topological polar surface area (TPSA) is 75.4 Å². The summed E-state index contributed by atoms with van der Waals surface area (Å²) in [5, 5.41) is 12.9. The van der Waals surface area contributed by atoms with Crippen LogP contribution in [0.1, 0.15) is 12.0 Å². The molecule has 2 rings (SSSR count). The third-order valence-electron chi connectivity index (χ3n) is 3.06. The van der Waals surface area contributed by atoms with Crippen molar-refractivity contribution in [2.75, 3.05) is 18.1 Å². The first-order chi connectivity index (χ1) is 9.56. The van der Waals surface area contributed by atoms with Crippen LogP contribution < -0.4 is 0 Å². The summed E-state index contributed by atoms with van der Waals surface area (Å²) in [6, 6.07) is -0.225. The maximum absolute atomic E-state index is 12.2. The van der Waals surface area contributed by atoms with E-state index >= 15 is 0 Å². The van der Waals surface area contributed by atoms with Crippen molar-refractivity contribution in [1.82, 2.24) is 14.7 Å². The van der Waals surface area contributed by atoms with Gasteiger partial charge in [0.2, 0.25) is 5.91 Å². The number of hydrogen-bond donors (Lipinski definition) is 1. The SMILES string of the molecule is Cn1cc(C=CC(=O)N2CCSCC2CC(=O)O)cn1. The standard InChI is InChI=1S/C13H17N3O3S/c1-15-8-10(7-14-15)2-3-12(17)16-4-5-20-9-11(16)6-13(18)19/h2-3,7-8,11H,4-6,9H2,1H3,(H,18,19). The molecule has 1 aromatic heterocycles.